The van der Waals surface area contributed by atoms with Gasteiger partial charge in [-0.05, 0) is 19.5 Å². The Balaban J connectivity index is 2.39. The van der Waals surface area contributed by atoms with Crippen molar-refractivity contribution in [2.75, 3.05) is 45.9 Å². The van der Waals surface area contributed by atoms with Gasteiger partial charge in [0.1, 0.15) is 0 Å². The van der Waals surface area contributed by atoms with Crippen LogP contribution >= 0.6 is 0 Å². The van der Waals surface area contributed by atoms with Gasteiger partial charge in [-0.3, -0.25) is 14.6 Å². The molecule has 0 aromatic heterocycles. The largest absolute Gasteiger partial charge is 0.480 e. The van der Waals surface area contributed by atoms with Gasteiger partial charge < -0.3 is 9.84 Å². The molecule has 0 bridgehead atoms. The third-order valence-electron chi connectivity index (χ3n) is 3.03. The van der Waals surface area contributed by atoms with Crippen molar-refractivity contribution in [1.82, 2.24) is 9.80 Å². The molecule has 0 radical (unpaired) electrons. The molecule has 0 spiro atoms. The minimum atomic E-state index is -0.762. The van der Waals surface area contributed by atoms with E-state index in [0.717, 1.165) is 45.8 Å². The summed E-state index contributed by atoms with van der Waals surface area (Å²) < 4.78 is 5.69. The zero-order valence-electron chi connectivity index (χ0n) is 10.9. The molecule has 1 N–H and O–H groups in total. The Bertz CT molecular complexity index is 236. The van der Waals surface area contributed by atoms with Crippen molar-refractivity contribution in [2.24, 2.45) is 0 Å². The number of nitrogens with zero attached hydrogens (tertiary/aromatic N) is 2. The summed E-state index contributed by atoms with van der Waals surface area (Å²) >= 11 is 0. The van der Waals surface area contributed by atoms with Gasteiger partial charge in [0.2, 0.25) is 0 Å². The fourth-order valence-corrected chi connectivity index (χ4v) is 2.21. The number of morpholine rings is 1. The quantitative estimate of drug-likeness (QED) is 0.707. The SMILES string of the molecule is CCCN(CC(=O)O)CC1CN(CC)CCO1. The molecule has 1 heterocycles. The van der Waals surface area contributed by atoms with Gasteiger partial charge in [0.05, 0.1) is 19.3 Å². The van der Waals surface area contributed by atoms with Gasteiger partial charge in [-0.25, -0.2) is 0 Å². The summed E-state index contributed by atoms with van der Waals surface area (Å²) in [5, 5.41) is 8.85. The zero-order valence-corrected chi connectivity index (χ0v) is 10.9. The van der Waals surface area contributed by atoms with Gasteiger partial charge in [0, 0.05) is 19.6 Å². The van der Waals surface area contributed by atoms with Gasteiger partial charge in [-0.2, -0.15) is 0 Å². The maximum atomic E-state index is 10.8. The van der Waals surface area contributed by atoms with Crippen LogP contribution in [0.5, 0.6) is 0 Å². The molecule has 5 heteroatoms. The highest BCUT2D eigenvalue weighted by Crippen LogP contribution is 2.07. The monoisotopic (exact) mass is 244 g/mol. The summed E-state index contributed by atoms with van der Waals surface area (Å²) in [6, 6.07) is 0. The van der Waals surface area contributed by atoms with Crippen LogP contribution in [0.15, 0.2) is 0 Å². The van der Waals surface area contributed by atoms with Crippen molar-refractivity contribution in [2.45, 2.75) is 26.4 Å². The summed E-state index contributed by atoms with van der Waals surface area (Å²) in [4.78, 5) is 15.1. The van der Waals surface area contributed by atoms with E-state index in [1.165, 1.54) is 0 Å². The topological polar surface area (TPSA) is 53.0 Å². The molecule has 5 nitrogen and oxygen atoms in total. The predicted molar refractivity (Wildman–Crippen MR) is 66.2 cm³/mol. The van der Waals surface area contributed by atoms with Crippen molar-refractivity contribution in [1.29, 1.82) is 0 Å². The second-order valence-electron chi connectivity index (χ2n) is 4.51. The fraction of sp³-hybridized carbons (Fsp3) is 0.917. The average Bonchev–Trinajstić information content (AvgIpc) is 2.29. The Morgan fingerprint density at radius 2 is 2.29 bits per heavy atom. The first-order valence-corrected chi connectivity index (χ1v) is 6.43. The van der Waals surface area contributed by atoms with E-state index in [1.807, 2.05) is 4.90 Å². The summed E-state index contributed by atoms with van der Waals surface area (Å²) in [5.74, 6) is -0.762. The molecule has 0 aliphatic carbocycles. The molecule has 1 rings (SSSR count). The van der Waals surface area contributed by atoms with Crippen LogP contribution in [0.2, 0.25) is 0 Å². The number of rotatable bonds is 7. The maximum Gasteiger partial charge on any atom is 0.317 e. The van der Waals surface area contributed by atoms with Crippen molar-refractivity contribution in [3.63, 3.8) is 0 Å². The standard InChI is InChI=1S/C12H24N2O3/c1-3-5-14(10-12(15)16)9-11-8-13(4-2)6-7-17-11/h11H,3-10H2,1-2H3,(H,15,16). The number of aliphatic carboxylic acids is 1. The van der Waals surface area contributed by atoms with Crippen LogP contribution in [0.25, 0.3) is 0 Å². The van der Waals surface area contributed by atoms with Gasteiger partial charge >= 0.3 is 5.97 Å². The molecule has 0 amide bonds. The second-order valence-corrected chi connectivity index (χ2v) is 4.51. The third kappa shape index (κ3) is 5.48. The highest BCUT2D eigenvalue weighted by atomic mass is 16.5. The molecule has 100 valence electrons. The molecule has 1 fully saturated rings. The molecule has 1 saturated heterocycles. The molecule has 1 aliphatic rings. The zero-order chi connectivity index (χ0) is 12.7. The Kier molecular flexibility index (Phi) is 6.47. The molecule has 1 aliphatic heterocycles. The minimum absolute atomic E-state index is 0.111. The highest BCUT2D eigenvalue weighted by Gasteiger charge is 2.22. The van der Waals surface area contributed by atoms with E-state index in [1.54, 1.807) is 0 Å². The van der Waals surface area contributed by atoms with Crippen molar-refractivity contribution in [3.8, 4) is 0 Å². The lowest BCUT2D eigenvalue weighted by molar-refractivity contribution is -0.139. The molecule has 17 heavy (non-hydrogen) atoms. The molecule has 1 unspecified atom stereocenters. The molecule has 1 atom stereocenters. The van der Waals surface area contributed by atoms with Crippen LogP contribution in [0, 0.1) is 0 Å². The smallest absolute Gasteiger partial charge is 0.317 e. The van der Waals surface area contributed by atoms with Gasteiger partial charge in [0.15, 0.2) is 0 Å². The Hall–Kier alpha value is -0.650. The summed E-state index contributed by atoms with van der Waals surface area (Å²) in [6.45, 7) is 9.54. The normalized spacial score (nSPS) is 21.9. The Morgan fingerprint density at radius 3 is 2.88 bits per heavy atom. The average molecular weight is 244 g/mol. The molecule has 0 aromatic rings. The number of hydrogen-bond donors (Lipinski definition) is 1. The van der Waals surface area contributed by atoms with Crippen LogP contribution < -0.4 is 0 Å². The van der Waals surface area contributed by atoms with Crippen LogP contribution in [0.3, 0.4) is 0 Å². The van der Waals surface area contributed by atoms with Crippen molar-refractivity contribution < 1.29 is 14.6 Å². The summed E-state index contributed by atoms with van der Waals surface area (Å²) in [7, 11) is 0. The number of likely N-dealkylation sites (N-methyl/N-ethyl adjacent to an activating group) is 1. The predicted octanol–water partition coefficient (Wildman–Crippen LogP) is 0.504. The van der Waals surface area contributed by atoms with Gasteiger partial charge in [-0.15, -0.1) is 0 Å². The van der Waals surface area contributed by atoms with Crippen molar-refractivity contribution >= 4 is 5.97 Å². The number of carboxylic acids is 1. The van der Waals surface area contributed by atoms with E-state index < -0.39 is 5.97 Å². The molecular weight excluding hydrogens is 220 g/mol. The van der Waals surface area contributed by atoms with E-state index in [4.69, 9.17) is 9.84 Å². The Labute approximate surface area is 103 Å². The lowest BCUT2D eigenvalue weighted by Crippen LogP contribution is -2.48. The van der Waals surface area contributed by atoms with Crippen molar-refractivity contribution in [3.05, 3.63) is 0 Å². The first-order valence-electron chi connectivity index (χ1n) is 6.43. The van der Waals surface area contributed by atoms with E-state index in [2.05, 4.69) is 18.7 Å². The van der Waals surface area contributed by atoms with Crippen LogP contribution in [0.4, 0.5) is 0 Å². The van der Waals surface area contributed by atoms with Gasteiger partial charge in [-0.1, -0.05) is 13.8 Å². The number of hydrogen-bond acceptors (Lipinski definition) is 4. The van der Waals surface area contributed by atoms with E-state index >= 15 is 0 Å². The maximum absolute atomic E-state index is 10.8. The van der Waals surface area contributed by atoms with E-state index in [0.29, 0.717) is 0 Å². The van der Waals surface area contributed by atoms with Crippen LogP contribution in [-0.2, 0) is 9.53 Å². The van der Waals surface area contributed by atoms with E-state index in [-0.39, 0.29) is 12.6 Å². The lowest BCUT2D eigenvalue weighted by Gasteiger charge is -2.34. The highest BCUT2D eigenvalue weighted by molar-refractivity contribution is 5.69. The molecule has 0 saturated carbocycles. The third-order valence-corrected chi connectivity index (χ3v) is 3.03. The van der Waals surface area contributed by atoms with Crippen LogP contribution in [0.1, 0.15) is 20.3 Å². The Morgan fingerprint density at radius 1 is 1.53 bits per heavy atom. The molecular formula is C12H24N2O3. The fourth-order valence-electron chi connectivity index (χ4n) is 2.21. The minimum Gasteiger partial charge on any atom is -0.480 e. The first-order chi connectivity index (χ1) is 8.15. The second kappa shape index (κ2) is 7.63. The lowest BCUT2D eigenvalue weighted by atomic mass is 10.2. The van der Waals surface area contributed by atoms with E-state index in [9.17, 15) is 4.79 Å². The molecule has 0 aromatic carbocycles. The number of ether oxygens (including phenoxy) is 1. The summed E-state index contributed by atoms with van der Waals surface area (Å²) in [6.07, 6.45) is 1.12. The number of carbonyl (C=O) groups is 1. The first kappa shape index (κ1) is 14.4. The summed E-state index contributed by atoms with van der Waals surface area (Å²) in [5.41, 5.74) is 0. The van der Waals surface area contributed by atoms with Crippen LogP contribution in [-0.4, -0.2) is 72.9 Å². The number of carboxylic acid groups (broad SMARTS) is 1. The van der Waals surface area contributed by atoms with Gasteiger partial charge in [0.25, 0.3) is 0 Å².